The van der Waals surface area contributed by atoms with Gasteiger partial charge in [0.2, 0.25) is 10.0 Å². The topological polar surface area (TPSA) is 120 Å². The minimum atomic E-state index is -3.64. The molecular weight excluding hydrogens is 366 g/mol. The van der Waals surface area contributed by atoms with Crippen LogP contribution in [0.25, 0.3) is 0 Å². The Morgan fingerprint density at radius 2 is 2.08 bits per heavy atom. The van der Waals surface area contributed by atoms with E-state index in [2.05, 4.69) is 10.3 Å². The number of H-pyrrole nitrogens is 1. The Hall–Kier alpha value is -1.52. The van der Waals surface area contributed by atoms with Gasteiger partial charge in [-0.15, -0.1) is 0 Å². The molecule has 0 saturated carbocycles. The number of unbranched alkanes of at least 4 members (excludes halogenated alkanes) is 1. The first-order valence-electron chi connectivity index (χ1n) is 8.16. The van der Waals surface area contributed by atoms with Crippen LogP contribution in [-0.4, -0.2) is 65.3 Å². The Bertz CT molecular complexity index is 711. The van der Waals surface area contributed by atoms with Crippen molar-refractivity contribution in [3.63, 3.8) is 0 Å². The summed E-state index contributed by atoms with van der Waals surface area (Å²) in [6.07, 6.45) is 3.09. The van der Waals surface area contributed by atoms with Crippen molar-refractivity contribution in [3.05, 3.63) is 18.0 Å². The number of carboxylic acids is 1. The summed E-state index contributed by atoms with van der Waals surface area (Å²) in [6, 6.07) is 0.264. The number of hydrogen-bond acceptors (Lipinski definition) is 5. The van der Waals surface area contributed by atoms with Gasteiger partial charge in [-0.1, -0.05) is 19.8 Å². The third-order valence-corrected chi connectivity index (χ3v) is 6.78. The van der Waals surface area contributed by atoms with Crippen LogP contribution >= 0.6 is 11.8 Å². The largest absolute Gasteiger partial charge is 0.480 e. The second kappa shape index (κ2) is 8.72. The van der Waals surface area contributed by atoms with Crippen molar-refractivity contribution in [2.24, 2.45) is 0 Å². The van der Waals surface area contributed by atoms with Gasteiger partial charge < -0.3 is 15.4 Å². The molecule has 0 aromatic carbocycles. The standard InChI is InChI=1S/C15H23N3O5S2/c1-2-3-4-12(15(20)21)17-14(19)13-9-11(10-16-13)25(22,23)18-5-7-24-8-6-18/h9-10,12,16H,2-8H2,1H3,(H,17,19)(H,20,21). The average molecular weight is 389 g/mol. The van der Waals surface area contributed by atoms with Crippen LogP contribution in [0.4, 0.5) is 0 Å². The highest BCUT2D eigenvalue weighted by Gasteiger charge is 2.28. The lowest BCUT2D eigenvalue weighted by atomic mass is 10.1. The number of carboxylic acid groups (broad SMARTS) is 1. The van der Waals surface area contributed by atoms with Gasteiger partial charge in [-0.25, -0.2) is 13.2 Å². The van der Waals surface area contributed by atoms with E-state index in [9.17, 15) is 23.1 Å². The van der Waals surface area contributed by atoms with E-state index in [1.807, 2.05) is 6.92 Å². The normalized spacial score (nSPS) is 17.2. The van der Waals surface area contributed by atoms with Gasteiger partial charge in [0.15, 0.2) is 0 Å². The van der Waals surface area contributed by atoms with E-state index in [0.717, 1.165) is 17.9 Å². The number of nitrogens with zero attached hydrogens (tertiary/aromatic N) is 1. The zero-order valence-corrected chi connectivity index (χ0v) is 15.7. The summed E-state index contributed by atoms with van der Waals surface area (Å²) in [5.74, 6) is -0.241. The molecule has 25 heavy (non-hydrogen) atoms. The maximum absolute atomic E-state index is 12.6. The van der Waals surface area contributed by atoms with Gasteiger partial charge >= 0.3 is 5.97 Å². The molecule has 1 aromatic rings. The van der Waals surface area contributed by atoms with Crippen LogP contribution in [0, 0.1) is 0 Å². The van der Waals surface area contributed by atoms with E-state index in [-0.39, 0.29) is 10.6 Å². The molecular formula is C15H23N3O5S2. The number of hydrogen-bond donors (Lipinski definition) is 3. The summed E-state index contributed by atoms with van der Waals surface area (Å²) >= 11 is 1.70. The molecule has 1 saturated heterocycles. The van der Waals surface area contributed by atoms with E-state index < -0.39 is 27.9 Å². The first-order chi connectivity index (χ1) is 11.9. The Morgan fingerprint density at radius 1 is 1.40 bits per heavy atom. The lowest BCUT2D eigenvalue weighted by molar-refractivity contribution is -0.139. The molecule has 0 bridgehead atoms. The highest BCUT2D eigenvalue weighted by Crippen LogP contribution is 2.21. The molecule has 1 aliphatic heterocycles. The molecule has 1 aromatic heterocycles. The van der Waals surface area contributed by atoms with E-state index in [4.69, 9.17) is 0 Å². The highest BCUT2D eigenvalue weighted by molar-refractivity contribution is 7.99. The molecule has 1 fully saturated rings. The number of nitrogens with one attached hydrogen (secondary N) is 2. The van der Waals surface area contributed by atoms with E-state index in [1.165, 1.54) is 16.6 Å². The lowest BCUT2D eigenvalue weighted by Gasteiger charge is -2.24. The Balaban J connectivity index is 2.08. The molecule has 2 heterocycles. The van der Waals surface area contributed by atoms with Crippen molar-refractivity contribution in [2.45, 2.75) is 37.1 Å². The second-order valence-corrected chi connectivity index (χ2v) is 8.93. The van der Waals surface area contributed by atoms with Crippen LogP contribution in [0.1, 0.15) is 36.7 Å². The summed E-state index contributed by atoms with van der Waals surface area (Å²) < 4.78 is 26.5. The SMILES string of the molecule is CCCCC(NC(=O)c1cc(S(=O)(=O)N2CCSCC2)c[nH]1)C(=O)O. The zero-order chi connectivity index (χ0) is 18.4. The number of aromatic amines is 1. The second-order valence-electron chi connectivity index (χ2n) is 5.77. The molecule has 1 amide bonds. The summed E-state index contributed by atoms with van der Waals surface area (Å²) in [4.78, 5) is 26.1. The van der Waals surface area contributed by atoms with Crippen molar-refractivity contribution in [2.75, 3.05) is 24.6 Å². The Morgan fingerprint density at radius 3 is 2.68 bits per heavy atom. The Kier molecular flexibility index (Phi) is 6.91. The molecule has 140 valence electrons. The number of aliphatic carboxylic acids is 1. The quantitative estimate of drug-likeness (QED) is 0.613. The van der Waals surface area contributed by atoms with Gasteiger partial charge in [-0.3, -0.25) is 4.79 Å². The van der Waals surface area contributed by atoms with E-state index in [0.29, 0.717) is 25.9 Å². The summed E-state index contributed by atoms with van der Waals surface area (Å²) in [7, 11) is -3.64. The molecule has 2 rings (SSSR count). The van der Waals surface area contributed by atoms with Crippen molar-refractivity contribution in [1.29, 1.82) is 0 Å². The Labute approximate surface area is 151 Å². The van der Waals surface area contributed by atoms with Crippen molar-refractivity contribution in [1.82, 2.24) is 14.6 Å². The number of sulfonamides is 1. The van der Waals surface area contributed by atoms with Crippen molar-refractivity contribution < 1.29 is 23.1 Å². The van der Waals surface area contributed by atoms with E-state index >= 15 is 0 Å². The summed E-state index contributed by atoms with van der Waals surface area (Å²) in [6.45, 7) is 2.82. The number of carbonyl (C=O) groups is 2. The summed E-state index contributed by atoms with van der Waals surface area (Å²) in [5.41, 5.74) is 0.0349. The van der Waals surface area contributed by atoms with Gasteiger partial charge in [0.1, 0.15) is 16.6 Å². The number of aromatic nitrogens is 1. The van der Waals surface area contributed by atoms with Gasteiger partial charge in [0.05, 0.1) is 0 Å². The lowest BCUT2D eigenvalue weighted by Crippen LogP contribution is -2.40. The smallest absolute Gasteiger partial charge is 0.326 e. The number of amides is 1. The number of thioether (sulfide) groups is 1. The predicted molar refractivity (Wildman–Crippen MR) is 95.3 cm³/mol. The van der Waals surface area contributed by atoms with Crippen LogP contribution in [-0.2, 0) is 14.8 Å². The first-order valence-corrected chi connectivity index (χ1v) is 10.8. The minimum Gasteiger partial charge on any atom is -0.480 e. The molecule has 1 unspecified atom stereocenters. The fraction of sp³-hybridized carbons (Fsp3) is 0.600. The first kappa shape index (κ1) is 19.8. The third-order valence-electron chi connectivity index (χ3n) is 3.96. The third kappa shape index (κ3) is 4.99. The van der Waals surface area contributed by atoms with Crippen LogP contribution in [0.5, 0.6) is 0 Å². The number of rotatable bonds is 8. The predicted octanol–water partition coefficient (Wildman–Crippen LogP) is 1.13. The maximum atomic E-state index is 12.6. The number of carbonyl (C=O) groups excluding carboxylic acids is 1. The molecule has 0 aliphatic carbocycles. The van der Waals surface area contributed by atoms with Crippen LogP contribution in [0.15, 0.2) is 17.2 Å². The van der Waals surface area contributed by atoms with Gasteiger partial charge in [-0.05, 0) is 12.5 Å². The van der Waals surface area contributed by atoms with Crippen LogP contribution in [0.3, 0.4) is 0 Å². The molecule has 8 nitrogen and oxygen atoms in total. The molecule has 1 aliphatic rings. The maximum Gasteiger partial charge on any atom is 0.326 e. The van der Waals surface area contributed by atoms with E-state index in [1.54, 1.807) is 11.8 Å². The molecule has 10 heteroatoms. The van der Waals surface area contributed by atoms with Gasteiger partial charge in [0, 0.05) is 30.8 Å². The van der Waals surface area contributed by atoms with Crippen LogP contribution in [0.2, 0.25) is 0 Å². The summed E-state index contributed by atoms with van der Waals surface area (Å²) in [5, 5.41) is 11.6. The monoisotopic (exact) mass is 389 g/mol. The van der Waals surface area contributed by atoms with Gasteiger partial charge in [-0.2, -0.15) is 16.1 Å². The van der Waals surface area contributed by atoms with Crippen molar-refractivity contribution in [3.8, 4) is 0 Å². The van der Waals surface area contributed by atoms with Gasteiger partial charge in [0.25, 0.3) is 5.91 Å². The molecule has 3 N–H and O–H groups in total. The fourth-order valence-corrected chi connectivity index (χ4v) is 5.06. The highest BCUT2D eigenvalue weighted by atomic mass is 32.2. The minimum absolute atomic E-state index is 0.0185. The molecule has 0 radical (unpaired) electrons. The molecule has 0 spiro atoms. The van der Waals surface area contributed by atoms with Crippen molar-refractivity contribution >= 4 is 33.7 Å². The average Bonchev–Trinajstić information content (AvgIpc) is 3.10. The zero-order valence-electron chi connectivity index (χ0n) is 14.0. The fourth-order valence-electron chi connectivity index (χ4n) is 2.49. The molecule has 1 atom stereocenters. The van der Waals surface area contributed by atoms with Crippen LogP contribution < -0.4 is 5.32 Å².